The fraction of sp³-hybridized carbons (Fsp3) is 0.500. The Morgan fingerprint density at radius 1 is 1.20 bits per heavy atom. The van der Waals surface area contributed by atoms with E-state index >= 15 is 0 Å². The highest BCUT2D eigenvalue weighted by atomic mass is 15.3. The number of likely N-dealkylation sites (tertiary alicyclic amines) is 1. The van der Waals surface area contributed by atoms with Crippen molar-refractivity contribution in [1.82, 2.24) is 19.7 Å². The summed E-state index contributed by atoms with van der Waals surface area (Å²) in [4.78, 5) is 7.11. The van der Waals surface area contributed by atoms with Gasteiger partial charge in [-0.1, -0.05) is 6.07 Å². The van der Waals surface area contributed by atoms with Crippen LogP contribution in [0.3, 0.4) is 0 Å². The second-order valence-electron chi connectivity index (χ2n) is 5.72. The number of piperidine rings is 1. The van der Waals surface area contributed by atoms with Crippen LogP contribution < -0.4 is 0 Å². The van der Waals surface area contributed by atoms with Crippen LogP contribution in [0, 0.1) is 12.8 Å². The van der Waals surface area contributed by atoms with Gasteiger partial charge in [-0.15, -0.1) is 0 Å². The molecule has 0 spiro atoms. The molecule has 4 nitrogen and oxygen atoms in total. The predicted molar refractivity (Wildman–Crippen MR) is 79.2 cm³/mol. The molecule has 4 heteroatoms. The summed E-state index contributed by atoms with van der Waals surface area (Å²) in [6.07, 6.45) is 6.43. The number of aromatic nitrogens is 3. The topological polar surface area (TPSA) is 34.0 Å². The average Bonchev–Trinajstić information content (AvgIpc) is 2.94. The molecule has 0 amide bonds. The molecule has 0 saturated carbocycles. The number of aryl methyl sites for hydroxylation is 1. The Kier molecular flexibility index (Phi) is 4.11. The van der Waals surface area contributed by atoms with Gasteiger partial charge >= 0.3 is 0 Å². The SMILES string of the molecule is Cc1cccc(CN2CCC(Cn3cccn3)CC2)n1. The standard InChI is InChI=1S/C16H22N4/c1-14-4-2-5-16(18-14)13-19-10-6-15(7-11-19)12-20-9-3-8-17-20/h2-5,8-9,15H,6-7,10-13H2,1H3. The molecule has 1 saturated heterocycles. The first-order chi connectivity index (χ1) is 9.79. The summed E-state index contributed by atoms with van der Waals surface area (Å²) < 4.78 is 2.06. The predicted octanol–water partition coefficient (Wildman–Crippen LogP) is 2.50. The molecule has 1 aliphatic rings. The quantitative estimate of drug-likeness (QED) is 0.856. The third-order valence-corrected chi connectivity index (χ3v) is 4.04. The molecule has 2 aromatic rings. The van der Waals surface area contributed by atoms with Gasteiger partial charge < -0.3 is 0 Å². The van der Waals surface area contributed by atoms with Crippen molar-refractivity contribution in [3.8, 4) is 0 Å². The zero-order chi connectivity index (χ0) is 13.8. The van der Waals surface area contributed by atoms with E-state index in [1.165, 1.54) is 31.6 Å². The van der Waals surface area contributed by atoms with E-state index in [4.69, 9.17) is 0 Å². The monoisotopic (exact) mass is 270 g/mol. The van der Waals surface area contributed by atoms with Crippen LogP contribution in [-0.4, -0.2) is 32.8 Å². The van der Waals surface area contributed by atoms with Crippen LogP contribution in [0.4, 0.5) is 0 Å². The summed E-state index contributed by atoms with van der Waals surface area (Å²) in [5.74, 6) is 0.761. The van der Waals surface area contributed by atoms with Gasteiger partial charge in [0.15, 0.2) is 0 Å². The molecule has 3 heterocycles. The van der Waals surface area contributed by atoms with Crippen LogP contribution in [0.2, 0.25) is 0 Å². The van der Waals surface area contributed by atoms with Gasteiger partial charge in [-0.25, -0.2) is 0 Å². The maximum atomic E-state index is 4.59. The third kappa shape index (κ3) is 3.45. The second-order valence-corrected chi connectivity index (χ2v) is 5.72. The molecule has 0 N–H and O–H groups in total. The van der Waals surface area contributed by atoms with Gasteiger partial charge in [0.05, 0.1) is 5.69 Å². The second kappa shape index (κ2) is 6.18. The Balaban J connectivity index is 1.48. The molecule has 0 bridgehead atoms. The molecular formula is C16H22N4. The Hall–Kier alpha value is -1.68. The minimum Gasteiger partial charge on any atom is -0.297 e. The van der Waals surface area contributed by atoms with E-state index in [1.54, 1.807) is 0 Å². The lowest BCUT2D eigenvalue weighted by Crippen LogP contribution is -2.34. The highest BCUT2D eigenvalue weighted by Gasteiger charge is 2.19. The lowest BCUT2D eigenvalue weighted by molar-refractivity contribution is 0.163. The number of nitrogens with zero attached hydrogens (tertiary/aromatic N) is 4. The molecule has 0 aromatic carbocycles. The largest absolute Gasteiger partial charge is 0.297 e. The Morgan fingerprint density at radius 3 is 2.75 bits per heavy atom. The summed E-state index contributed by atoms with van der Waals surface area (Å²) in [6.45, 7) is 6.43. The molecule has 0 aliphatic carbocycles. The fourth-order valence-electron chi connectivity index (χ4n) is 2.92. The molecule has 106 valence electrons. The molecule has 1 aliphatic heterocycles. The van der Waals surface area contributed by atoms with E-state index < -0.39 is 0 Å². The minimum atomic E-state index is 0.761. The van der Waals surface area contributed by atoms with Crippen LogP contribution in [-0.2, 0) is 13.1 Å². The lowest BCUT2D eigenvalue weighted by Gasteiger charge is -2.31. The van der Waals surface area contributed by atoms with Crippen molar-refractivity contribution >= 4 is 0 Å². The van der Waals surface area contributed by atoms with Gasteiger partial charge in [0, 0.05) is 31.2 Å². The summed E-state index contributed by atoms with van der Waals surface area (Å²) >= 11 is 0. The summed E-state index contributed by atoms with van der Waals surface area (Å²) in [5, 5.41) is 4.30. The van der Waals surface area contributed by atoms with E-state index in [0.717, 1.165) is 24.7 Å². The van der Waals surface area contributed by atoms with E-state index in [1.807, 2.05) is 12.3 Å². The molecule has 2 aromatic heterocycles. The van der Waals surface area contributed by atoms with Gasteiger partial charge in [-0.05, 0) is 57.0 Å². The van der Waals surface area contributed by atoms with Crippen LogP contribution in [0.15, 0.2) is 36.7 Å². The first kappa shape index (κ1) is 13.3. The number of rotatable bonds is 4. The van der Waals surface area contributed by atoms with E-state index in [2.05, 4.69) is 51.0 Å². The summed E-state index contributed by atoms with van der Waals surface area (Å²) in [7, 11) is 0. The number of hydrogen-bond acceptors (Lipinski definition) is 3. The maximum Gasteiger partial charge on any atom is 0.0547 e. The molecule has 0 unspecified atom stereocenters. The van der Waals surface area contributed by atoms with Crippen molar-refractivity contribution in [3.05, 3.63) is 48.0 Å². The van der Waals surface area contributed by atoms with E-state index in [9.17, 15) is 0 Å². The Bertz CT molecular complexity index is 527. The van der Waals surface area contributed by atoms with Crippen molar-refractivity contribution in [1.29, 1.82) is 0 Å². The van der Waals surface area contributed by atoms with Gasteiger partial charge in [0.25, 0.3) is 0 Å². The minimum absolute atomic E-state index is 0.761. The molecule has 1 fully saturated rings. The molecule has 3 rings (SSSR count). The highest BCUT2D eigenvalue weighted by Crippen LogP contribution is 2.20. The van der Waals surface area contributed by atoms with Crippen LogP contribution in [0.25, 0.3) is 0 Å². The molecule has 0 atom stereocenters. The smallest absolute Gasteiger partial charge is 0.0547 e. The van der Waals surface area contributed by atoms with Crippen molar-refractivity contribution in [2.75, 3.05) is 13.1 Å². The normalized spacial score (nSPS) is 17.4. The number of pyridine rings is 1. The van der Waals surface area contributed by atoms with Crippen molar-refractivity contribution in [2.45, 2.75) is 32.9 Å². The summed E-state index contributed by atoms with van der Waals surface area (Å²) in [6, 6.07) is 8.28. The van der Waals surface area contributed by atoms with E-state index in [0.29, 0.717) is 0 Å². The summed E-state index contributed by atoms with van der Waals surface area (Å²) in [5.41, 5.74) is 2.30. The van der Waals surface area contributed by atoms with Crippen molar-refractivity contribution in [2.24, 2.45) is 5.92 Å². The molecular weight excluding hydrogens is 248 g/mol. The molecule has 0 radical (unpaired) electrons. The zero-order valence-electron chi connectivity index (χ0n) is 12.1. The maximum absolute atomic E-state index is 4.59. The van der Waals surface area contributed by atoms with Crippen LogP contribution in [0.5, 0.6) is 0 Å². The Morgan fingerprint density at radius 2 is 2.05 bits per heavy atom. The molecule has 20 heavy (non-hydrogen) atoms. The average molecular weight is 270 g/mol. The van der Waals surface area contributed by atoms with Crippen LogP contribution >= 0.6 is 0 Å². The highest BCUT2D eigenvalue weighted by molar-refractivity contribution is 5.09. The third-order valence-electron chi connectivity index (χ3n) is 4.04. The van der Waals surface area contributed by atoms with Gasteiger partial charge in [0.1, 0.15) is 0 Å². The lowest BCUT2D eigenvalue weighted by atomic mass is 9.97. The Labute approximate surface area is 120 Å². The fourth-order valence-corrected chi connectivity index (χ4v) is 2.92. The zero-order valence-corrected chi connectivity index (χ0v) is 12.1. The number of hydrogen-bond donors (Lipinski definition) is 0. The van der Waals surface area contributed by atoms with E-state index in [-0.39, 0.29) is 0 Å². The van der Waals surface area contributed by atoms with Gasteiger partial charge in [-0.3, -0.25) is 14.6 Å². The van der Waals surface area contributed by atoms with Gasteiger partial charge in [0.2, 0.25) is 0 Å². The first-order valence-electron chi connectivity index (χ1n) is 7.42. The first-order valence-corrected chi connectivity index (χ1v) is 7.42. The van der Waals surface area contributed by atoms with Crippen LogP contribution in [0.1, 0.15) is 24.2 Å². The van der Waals surface area contributed by atoms with Crippen molar-refractivity contribution < 1.29 is 0 Å². The van der Waals surface area contributed by atoms with Crippen molar-refractivity contribution in [3.63, 3.8) is 0 Å². The van der Waals surface area contributed by atoms with Gasteiger partial charge in [-0.2, -0.15) is 5.10 Å².